The molecule has 0 aliphatic carbocycles. The molecule has 1 aliphatic heterocycles. The Hall–Kier alpha value is -2.68. The van der Waals surface area contributed by atoms with Crippen LogP contribution in [-0.2, 0) is 6.42 Å². The maximum Gasteiger partial charge on any atom is 0.418 e. The quantitative estimate of drug-likeness (QED) is 0.866. The van der Waals surface area contributed by atoms with E-state index in [0.29, 0.717) is 41.9 Å². The first-order valence-electron chi connectivity index (χ1n) is 7.47. The standard InChI is InChI=1S/C16H14F3N3O3/c17-16(18,19)13(23)12-5-10(6-20-7-12)11-4-9-2-1-3-22(15(24)25)14(9)21-8-11/h4-8,13,23H,1-3H2,(H,24,25). The second kappa shape index (κ2) is 6.32. The molecular formula is C16H14F3N3O3. The van der Waals surface area contributed by atoms with E-state index in [1.807, 2.05) is 0 Å². The summed E-state index contributed by atoms with van der Waals surface area (Å²) in [4.78, 5) is 20.3. The van der Waals surface area contributed by atoms with Crippen molar-refractivity contribution in [3.63, 3.8) is 0 Å². The second-order valence-electron chi connectivity index (χ2n) is 5.70. The maximum atomic E-state index is 12.7. The lowest BCUT2D eigenvalue weighted by Gasteiger charge is -2.26. The van der Waals surface area contributed by atoms with Crippen molar-refractivity contribution < 1.29 is 28.2 Å². The minimum Gasteiger partial charge on any atom is -0.465 e. The SMILES string of the molecule is O=C(O)N1CCCc2cc(-c3cncc(C(O)C(F)(F)F)c3)cnc21. The fourth-order valence-corrected chi connectivity index (χ4v) is 2.76. The smallest absolute Gasteiger partial charge is 0.418 e. The average Bonchev–Trinajstić information content (AvgIpc) is 2.59. The first kappa shape index (κ1) is 17.2. The molecule has 1 unspecified atom stereocenters. The Balaban J connectivity index is 1.97. The van der Waals surface area contributed by atoms with Crippen LogP contribution < -0.4 is 4.90 Å². The predicted octanol–water partition coefficient (Wildman–Crippen LogP) is 3.17. The van der Waals surface area contributed by atoms with Gasteiger partial charge in [0.05, 0.1) is 0 Å². The maximum absolute atomic E-state index is 12.7. The number of rotatable bonds is 2. The number of aryl methyl sites for hydroxylation is 1. The molecule has 25 heavy (non-hydrogen) atoms. The van der Waals surface area contributed by atoms with Gasteiger partial charge in [-0.3, -0.25) is 9.88 Å². The number of aliphatic hydroxyl groups excluding tert-OH is 1. The van der Waals surface area contributed by atoms with Gasteiger partial charge < -0.3 is 10.2 Å². The Morgan fingerprint density at radius 1 is 1.20 bits per heavy atom. The molecule has 3 rings (SSSR count). The number of pyridine rings is 2. The summed E-state index contributed by atoms with van der Waals surface area (Å²) >= 11 is 0. The number of fused-ring (bicyclic) bond motifs is 1. The number of nitrogens with zero attached hydrogens (tertiary/aromatic N) is 3. The number of halogens is 3. The van der Waals surface area contributed by atoms with Crippen molar-refractivity contribution in [1.29, 1.82) is 0 Å². The van der Waals surface area contributed by atoms with Gasteiger partial charge in [0.1, 0.15) is 5.82 Å². The number of hydrogen-bond acceptors (Lipinski definition) is 4. The van der Waals surface area contributed by atoms with Crippen molar-refractivity contribution in [3.8, 4) is 11.1 Å². The molecule has 0 aromatic carbocycles. The van der Waals surface area contributed by atoms with Crippen LogP contribution >= 0.6 is 0 Å². The lowest BCUT2D eigenvalue weighted by Crippen LogP contribution is -2.34. The van der Waals surface area contributed by atoms with Crippen LogP contribution in [0.1, 0.15) is 23.7 Å². The van der Waals surface area contributed by atoms with Crippen molar-refractivity contribution in [2.24, 2.45) is 0 Å². The minimum absolute atomic E-state index is 0.335. The largest absolute Gasteiger partial charge is 0.465 e. The summed E-state index contributed by atoms with van der Waals surface area (Å²) in [6.07, 6.45) is -3.52. The van der Waals surface area contributed by atoms with Crippen LogP contribution in [0.5, 0.6) is 0 Å². The number of carboxylic acid groups (broad SMARTS) is 1. The molecule has 0 saturated heterocycles. The van der Waals surface area contributed by atoms with E-state index < -0.39 is 18.4 Å². The van der Waals surface area contributed by atoms with E-state index in [1.165, 1.54) is 18.5 Å². The zero-order chi connectivity index (χ0) is 18.2. The van der Waals surface area contributed by atoms with Gasteiger partial charge in [0.2, 0.25) is 0 Å². The topological polar surface area (TPSA) is 86.5 Å². The third kappa shape index (κ3) is 3.41. The summed E-state index contributed by atoms with van der Waals surface area (Å²) in [7, 11) is 0. The third-order valence-electron chi connectivity index (χ3n) is 3.98. The molecule has 0 saturated carbocycles. The Bertz CT molecular complexity index is 811. The Labute approximate surface area is 140 Å². The molecule has 0 spiro atoms. The predicted molar refractivity (Wildman–Crippen MR) is 82.2 cm³/mol. The van der Waals surface area contributed by atoms with Crippen LogP contribution in [0.3, 0.4) is 0 Å². The molecule has 0 bridgehead atoms. The highest BCUT2D eigenvalue weighted by Crippen LogP contribution is 2.34. The number of anilines is 1. The molecular weight excluding hydrogens is 339 g/mol. The lowest BCUT2D eigenvalue weighted by atomic mass is 10.00. The van der Waals surface area contributed by atoms with Gasteiger partial charge in [-0.1, -0.05) is 0 Å². The fraction of sp³-hybridized carbons (Fsp3) is 0.312. The number of carbonyl (C=O) groups is 1. The molecule has 1 aliphatic rings. The summed E-state index contributed by atoms with van der Waals surface area (Å²) < 4.78 is 38.0. The molecule has 132 valence electrons. The van der Waals surface area contributed by atoms with Crippen LogP contribution in [-0.4, -0.2) is 39.0 Å². The minimum atomic E-state index is -4.78. The molecule has 3 heterocycles. The van der Waals surface area contributed by atoms with Crippen molar-refractivity contribution in [2.75, 3.05) is 11.4 Å². The van der Waals surface area contributed by atoms with E-state index >= 15 is 0 Å². The summed E-state index contributed by atoms with van der Waals surface area (Å²) in [5.74, 6) is 0.335. The van der Waals surface area contributed by atoms with Crippen molar-refractivity contribution in [2.45, 2.75) is 25.1 Å². The summed E-state index contributed by atoms with van der Waals surface area (Å²) in [6, 6.07) is 2.89. The van der Waals surface area contributed by atoms with Gasteiger partial charge in [-0.15, -0.1) is 0 Å². The van der Waals surface area contributed by atoms with Gasteiger partial charge in [0.25, 0.3) is 0 Å². The first-order chi connectivity index (χ1) is 11.8. The van der Waals surface area contributed by atoms with E-state index in [1.54, 1.807) is 6.07 Å². The van der Waals surface area contributed by atoms with Crippen molar-refractivity contribution in [3.05, 3.63) is 41.9 Å². The Morgan fingerprint density at radius 3 is 2.60 bits per heavy atom. The zero-order valence-electron chi connectivity index (χ0n) is 12.9. The molecule has 0 radical (unpaired) electrons. The van der Waals surface area contributed by atoms with Crippen molar-refractivity contribution >= 4 is 11.9 Å². The second-order valence-corrected chi connectivity index (χ2v) is 5.70. The highest BCUT2D eigenvalue weighted by atomic mass is 19.4. The third-order valence-corrected chi connectivity index (χ3v) is 3.98. The molecule has 6 nitrogen and oxygen atoms in total. The Kier molecular flexibility index (Phi) is 4.34. The van der Waals surface area contributed by atoms with Crippen molar-refractivity contribution in [1.82, 2.24) is 9.97 Å². The number of amides is 1. The molecule has 2 N–H and O–H groups in total. The van der Waals surface area contributed by atoms with E-state index in [-0.39, 0.29) is 5.56 Å². The van der Waals surface area contributed by atoms with Crippen LogP contribution in [0.2, 0.25) is 0 Å². The summed E-state index contributed by atoms with van der Waals surface area (Å²) in [5.41, 5.74) is 1.21. The number of aromatic nitrogens is 2. The first-order valence-corrected chi connectivity index (χ1v) is 7.47. The normalized spacial score (nSPS) is 15.6. The number of hydrogen-bond donors (Lipinski definition) is 2. The highest BCUT2D eigenvalue weighted by molar-refractivity contribution is 5.86. The van der Waals surface area contributed by atoms with E-state index in [4.69, 9.17) is 0 Å². The van der Waals surface area contributed by atoms with Gasteiger partial charge in [-0.2, -0.15) is 13.2 Å². The monoisotopic (exact) mass is 353 g/mol. The Morgan fingerprint density at radius 2 is 1.92 bits per heavy atom. The van der Waals surface area contributed by atoms with Crippen LogP contribution in [0.15, 0.2) is 30.7 Å². The fourth-order valence-electron chi connectivity index (χ4n) is 2.76. The van der Waals surface area contributed by atoms with Gasteiger partial charge in [-0.05, 0) is 30.5 Å². The van der Waals surface area contributed by atoms with Gasteiger partial charge >= 0.3 is 12.3 Å². The lowest BCUT2D eigenvalue weighted by molar-refractivity contribution is -0.206. The number of aliphatic hydroxyl groups is 1. The highest BCUT2D eigenvalue weighted by Gasteiger charge is 2.39. The van der Waals surface area contributed by atoms with E-state index in [2.05, 4.69) is 9.97 Å². The molecule has 1 atom stereocenters. The number of alkyl halides is 3. The van der Waals surface area contributed by atoms with E-state index in [0.717, 1.165) is 11.1 Å². The summed E-state index contributed by atoms with van der Waals surface area (Å²) in [6.45, 7) is 0.351. The van der Waals surface area contributed by atoms with Crippen LogP contribution in [0.25, 0.3) is 11.1 Å². The van der Waals surface area contributed by atoms with Gasteiger partial charge in [-0.25, -0.2) is 9.78 Å². The van der Waals surface area contributed by atoms with Crippen LogP contribution in [0, 0.1) is 0 Å². The van der Waals surface area contributed by atoms with Crippen LogP contribution in [0.4, 0.5) is 23.8 Å². The molecule has 9 heteroatoms. The molecule has 0 fully saturated rings. The van der Waals surface area contributed by atoms with Gasteiger partial charge in [0.15, 0.2) is 6.10 Å². The molecule has 2 aromatic heterocycles. The van der Waals surface area contributed by atoms with E-state index in [9.17, 15) is 28.2 Å². The molecule has 1 amide bonds. The molecule has 2 aromatic rings. The average molecular weight is 353 g/mol. The summed E-state index contributed by atoms with van der Waals surface area (Å²) in [5, 5.41) is 18.6. The zero-order valence-corrected chi connectivity index (χ0v) is 12.9. The van der Waals surface area contributed by atoms with Gasteiger partial charge in [0, 0.05) is 41.8 Å².